The average Bonchev–Trinajstić information content (AvgIpc) is 3.38. The lowest BCUT2D eigenvalue weighted by Gasteiger charge is -2.31. The second kappa shape index (κ2) is 11.4. The molecule has 0 saturated carbocycles. The maximum absolute atomic E-state index is 13.2. The average molecular weight is 519 g/mol. The molecule has 0 spiro atoms. The highest BCUT2D eigenvalue weighted by atomic mass is 32.1. The molecule has 0 bridgehead atoms. The molecular weight excluding hydrogens is 488 g/mol. The fourth-order valence-corrected chi connectivity index (χ4v) is 5.38. The Bertz CT molecular complexity index is 1330. The number of rotatable bonds is 8. The van der Waals surface area contributed by atoms with Gasteiger partial charge in [-0.05, 0) is 57.5 Å². The Hall–Kier alpha value is -3.91. The minimum atomic E-state index is -0.677. The third-order valence-corrected chi connectivity index (χ3v) is 7.02. The van der Waals surface area contributed by atoms with Gasteiger partial charge in [0.15, 0.2) is 0 Å². The lowest BCUT2D eigenvalue weighted by Crippen LogP contribution is -2.32. The standard InChI is InChI=1S/C29H30N2O5S/c1-6-35-28(32)24-17(3)30-18(4)25(29(33)36-7-2)26(24)21-10-8-9-11-22(21)27-31-23(16-37-27)19-12-14-20(34-5)15-13-19/h8-16,26,30H,6-7H2,1-5H3. The van der Waals surface area contributed by atoms with Gasteiger partial charge in [-0.2, -0.15) is 0 Å². The molecule has 1 aromatic heterocycles. The predicted molar refractivity (Wildman–Crippen MR) is 144 cm³/mol. The molecular formula is C29H30N2O5S. The smallest absolute Gasteiger partial charge is 0.336 e. The number of hydrogen-bond donors (Lipinski definition) is 1. The third-order valence-electron chi connectivity index (χ3n) is 6.14. The van der Waals surface area contributed by atoms with Crippen LogP contribution in [-0.2, 0) is 19.1 Å². The topological polar surface area (TPSA) is 86.8 Å². The van der Waals surface area contributed by atoms with E-state index in [9.17, 15) is 9.59 Å². The maximum atomic E-state index is 13.2. The SMILES string of the molecule is CCOC(=O)C1=C(C)NC(C)=C(C(=O)OCC)C1c1ccccc1-c1nc(-c2ccc(OC)cc2)cs1. The van der Waals surface area contributed by atoms with Crippen molar-refractivity contribution >= 4 is 23.3 Å². The molecule has 2 aromatic carbocycles. The Kier molecular flexibility index (Phi) is 8.08. The van der Waals surface area contributed by atoms with E-state index in [2.05, 4.69) is 5.32 Å². The summed E-state index contributed by atoms with van der Waals surface area (Å²) in [7, 11) is 1.63. The quantitative estimate of drug-likeness (QED) is 0.375. The minimum Gasteiger partial charge on any atom is -0.497 e. The van der Waals surface area contributed by atoms with Crippen LogP contribution in [0, 0.1) is 0 Å². The van der Waals surface area contributed by atoms with Crippen LogP contribution in [0.1, 0.15) is 39.2 Å². The Balaban J connectivity index is 1.85. The van der Waals surface area contributed by atoms with Crippen molar-refractivity contribution in [3.05, 3.63) is 82.0 Å². The van der Waals surface area contributed by atoms with Gasteiger partial charge in [-0.3, -0.25) is 0 Å². The predicted octanol–water partition coefficient (Wildman–Crippen LogP) is 5.85. The fraction of sp³-hybridized carbons (Fsp3) is 0.276. The molecule has 0 saturated heterocycles. The van der Waals surface area contributed by atoms with Crippen LogP contribution in [0.4, 0.5) is 0 Å². The largest absolute Gasteiger partial charge is 0.497 e. The number of methoxy groups -OCH3 is 1. The van der Waals surface area contributed by atoms with Gasteiger partial charge in [0.05, 0.1) is 43.1 Å². The highest BCUT2D eigenvalue weighted by Crippen LogP contribution is 2.44. The van der Waals surface area contributed by atoms with Crippen molar-refractivity contribution in [3.63, 3.8) is 0 Å². The highest BCUT2D eigenvalue weighted by molar-refractivity contribution is 7.13. The van der Waals surface area contributed by atoms with Gasteiger partial charge in [-0.25, -0.2) is 14.6 Å². The number of benzene rings is 2. The second-order valence-electron chi connectivity index (χ2n) is 8.43. The van der Waals surface area contributed by atoms with E-state index < -0.39 is 17.9 Å². The van der Waals surface area contributed by atoms with Gasteiger partial charge in [-0.1, -0.05) is 24.3 Å². The van der Waals surface area contributed by atoms with Gasteiger partial charge >= 0.3 is 11.9 Å². The molecule has 0 amide bonds. The van der Waals surface area contributed by atoms with Gasteiger partial charge in [0, 0.05) is 27.9 Å². The molecule has 37 heavy (non-hydrogen) atoms. The Morgan fingerprint density at radius 2 is 1.51 bits per heavy atom. The number of dihydropyridines is 1. The van der Waals surface area contributed by atoms with E-state index in [4.69, 9.17) is 19.2 Å². The van der Waals surface area contributed by atoms with Crippen molar-refractivity contribution in [3.8, 4) is 27.6 Å². The van der Waals surface area contributed by atoms with E-state index >= 15 is 0 Å². The van der Waals surface area contributed by atoms with E-state index in [0.29, 0.717) is 22.5 Å². The summed E-state index contributed by atoms with van der Waals surface area (Å²) in [5.41, 5.74) is 5.47. The molecule has 0 aliphatic carbocycles. The van der Waals surface area contributed by atoms with Crippen molar-refractivity contribution in [1.82, 2.24) is 10.3 Å². The first-order chi connectivity index (χ1) is 17.9. The normalized spacial score (nSPS) is 13.9. The lowest BCUT2D eigenvalue weighted by molar-refractivity contribution is -0.139. The van der Waals surface area contributed by atoms with E-state index in [-0.39, 0.29) is 13.2 Å². The first-order valence-electron chi connectivity index (χ1n) is 12.1. The zero-order valence-corrected chi connectivity index (χ0v) is 22.4. The molecule has 1 aliphatic heterocycles. The van der Waals surface area contributed by atoms with E-state index in [1.807, 2.05) is 67.8 Å². The summed E-state index contributed by atoms with van der Waals surface area (Å²) in [5, 5.41) is 5.96. The first kappa shape index (κ1) is 26.2. The third kappa shape index (κ3) is 5.29. The first-order valence-corrected chi connectivity index (χ1v) is 13.0. The summed E-state index contributed by atoms with van der Waals surface area (Å²) in [6.45, 7) is 7.60. The van der Waals surface area contributed by atoms with E-state index in [1.54, 1.807) is 21.0 Å². The van der Waals surface area contributed by atoms with Crippen molar-refractivity contribution in [2.24, 2.45) is 0 Å². The van der Waals surface area contributed by atoms with E-state index in [0.717, 1.165) is 33.1 Å². The van der Waals surface area contributed by atoms with Crippen LogP contribution in [0.3, 0.4) is 0 Å². The molecule has 1 aliphatic rings. The van der Waals surface area contributed by atoms with Crippen LogP contribution in [0.15, 0.2) is 76.5 Å². The number of esters is 2. The summed E-state index contributed by atoms with van der Waals surface area (Å²) >= 11 is 1.50. The highest BCUT2D eigenvalue weighted by Gasteiger charge is 2.39. The second-order valence-corrected chi connectivity index (χ2v) is 9.29. The number of carbonyl (C=O) groups is 2. The van der Waals surface area contributed by atoms with Crippen LogP contribution in [-0.4, -0.2) is 37.2 Å². The number of aromatic nitrogens is 1. The van der Waals surface area contributed by atoms with Crippen molar-refractivity contribution in [1.29, 1.82) is 0 Å². The molecule has 8 heteroatoms. The molecule has 1 N–H and O–H groups in total. The zero-order valence-electron chi connectivity index (χ0n) is 21.6. The van der Waals surface area contributed by atoms with Gasteiger partial charge in [0.1, 0.15) is 10.8 Å². The number of ether oxygens (including phenoxy) is 3. The summed E-state index contributed by atoms with van der Waals surface area (Å²) in [6, 6.07) is 15.4. The Morgan fingerprint density at radius 3 is 2.08 bits per heavy atom. The molecule has 192 valence electrons. The number of allylic oxidation sites excluding steroid dienone is 2. The van der Waals surface area contributed by atoms with Crippen molar-refractivity contribution in [2.45, 2.75) is 33.6 Å². The Labute approximate surface area is 220 Å². The fourth-order valence-electron chi connectivity index (χ4n) is 4.50. The number of nitrogens with one attached hydrogen (secondary N) is 1. The lowest BCUT2D eigenvalue weighted by atomic mass is 9.78. The molecule has 0 fully saturated rings. The summed E-state index contributed by atoms with van der Waals surface area (Å²) < 4.78 is 16.1. The van der Waals surface area contributed by atoms with Crippen LogP contribution >= 0.6 is 11.3 Å². The molecule has 0 atom stereocenters. The van der Waals surface area contributed by atoms with Crippen molar-refractivity contribution in [2.75, 3.05) is 20.3 Å². The van der Waals surface area contributed by atoms with Crippen LogP contribution in [0.5, 0.6) is 5.75 Å². The molecule has 3 aromatic rings. The number of carbonyl (C=O) groups excluding carboxylic acids is 2. The van der Waals surface area contributed by atoms with Gasteiger partial charge in [0.2, 0.25) is 0 Å². The van der Waals surface area contributed by atoms with Gasteiger partial charge in [-0.15, -0.1) is 11.3 Å². The van der Waals surface area contributed by atoms with Gasteiger partial charge < -0.3 is 19.5 Å². The summed E-state index contributed by atoms with van der Waals surface area (Å²) in [4.78, 5) is 31.3. The number of nitrogens with zero attached hydrogens (tertiary/aromatic N) is 1. The van der Waals surface area contributed by atoms with Gasteiger partial charge in [0.25, 0.3) is 0 Å². The van der Waals surface area contributed by atoms with Crippen molar-refractivity contribution < 1.29 is 23.8 Å². The summed E-state index contributed by atoms with van der Waals surface area (Å²) in [5.74, 6) is -0.846. The molecule has 4 rings (SSSR count). The maximum Gasteiger partial charge on any atom is 0.336 e. The summed E-state index contributed by atoms with van der Waals surface area (Å²) in [6.07, 6.45) is 0. The molecule has 0 radical (unpaired) electrons. The molecule has 7 nitrogen and oxygen atoms in total. The Morgan fingerprint density at radius 1 is 0.919 bits per heavy atom. The van der Waals surface area contributed by atoms with Crippen LogP contribution in [0.2, 0.25) is 0 Å². The van der Waals surface area contributed by atoms with E-state index in [1.165, 1.54) is 11.3 Å². The number of thiazole rings is 1. The monoisotopic (exact) mass is 518 g/mol. The minimum absolute atomic E-state index is 0.221. The van der Waals surface area contributed by atoms with Crippen LogP contribution < -0.4 is 10.1 Å². The molecule has 2 heterocycles. The van der Waals surface area contributed by atoms with Crippen LogP contribution in [0.25, 0.3) is 21.8 Å². The number of hydrogen-bond acceptors (Lipinski definition) is 8. The molecule has 0 unspecified atom stereocenters. The zero-order chi connectivity index (χ0) is 26.5.